The number of halogens is 1. The van der Waals surface area contributed by atoms with Gasteiger partial charge in [0.1, 0.15) is 0 Å². The van der Waals surface area contributed by atoms with Gasteiger partial charge in [-0.15, -0.1) is 0 Å². The first-order valence-corrected chi connectivity index (χ1v) is 7.25. The number of allylic oxidation sites excluding steroid dienone is 1. The molecule has 2 aromatic carbocycles. The molecular formula is C17H13ClN2O3. The van der Waals surface area contributed by atoms with E-state index in [1.807, 2.05) is 30.3 Å². The highest BCUT2D eigenvalue weighted by Gasteiger charge is 2.15. The summed E-state index contributed by atoms with van der Waals surface area (Å²) < 4.78 is 10.4. The van der Waals surface area contributed by atoms with Crippen molar-refractivity contribution in [1.29, 1.82) is 0 Å². The number of amides is 1. The van der Waals surface area contributed by atoms with Crippen LogP contribution in [0, 0.1) is 0 Å². The van der Waals surface area contributed by atoms with Gasteiger partial charge in [-0.2, -0.15) is 5.10 Å². The van der Waals surface area contributed by atoms with E-state index in [4.69, 9.17) is 21.1 Å². The second-order valence-corrected chi connectivity index (χ2v) is 5.14. The van der Waals surface area contributed by atoms with Crippen molar-refractivity contribution in [1.82, 2.24) is 5.43 Å². The molecule has 0 atom stereocenters. The van der Waals surface area contributed by atoms with Gasteiger partial charge in [-0.1, -0.05) is 41.9 Å². The van der Waals surface area contributed by atoms with Crippen LogP contribution < -0.4 is 14.9 Å². The average molecular weight is 329 g/mol. The lowest BCUT2D eigenvalue weighted by atomic mass is 10.2. The number of nitrogens with one attached hydrogen (secondary N) is 1. The Balaban J connectivity index is 1.61. The third kappa shape index (κ3) is 3.90. The average Bonchev–Trinajstić information content (AvgIpc) is 3.03. The predicted molar refractivity (Wildman–Crippen MR) is 88.8 cm³/mol. The van der Waals surface area contributed by atoms with E-state index in [0.29, 0.717) is 22.1 Å². The maximum Gasteiger partial charge on any atom is 0.271 e. The summed E-state index contributed by atoms with van der Waals surface area (Å²) in [5.74, 6) is 0.811. The Morgan fingerprint density at radius 1 is 1.13 bits per heavy atom. The highest BCUT2D eigenvalue weighted by molar-refractivity contribution is 6.41. The summed E-state index contributed by atoms with van der Waals surface area (Å²) in [6, 6.07) is 14.5. The zero-order valence-electron chi connectivity index (χ0n) is 12.0. The molecule has 0 unspecified atom stereocenters. The van der Waals surface area contributed by atoms with Crippen molar-refractivity contribution >= 4 is 29.8 Å². The Labute approximate surface area is 138 Å². The number of ether oxygens (including phenoxy) is 2. The summed E-state index contributed by atoms with van der Waals surface area (Å²) in [6.07, 6.45) is 3.12. The van der Waals surface area contributed by atoms with Gasteiger partial charge in [-0.3, -0.25) is 4.79 Å². The molecule has 1 aliphatic rings. The van der Waals surface area contributed by atoms with E-state index in [2.05, 4.69) is 10.5 Å². The number of hydrazone groups is 1. The monoisotopic (exact) mass is 328 g/mol. The van der Waals surface area contributed by atoms with Gasteiger partial charge in [-0.05, 0) is 29.8 Å². The maximum absolute atomic E-state index is 12.0. The lowest BCUT2D eigenvalue weighted by Gasteiger charge is -2.01. The van der Waals surface area contributed by atoms with Gasteiger partial charge in [0.15, 0.2) is 11.5 Å². The summed E-state index contributed by atoms with van der Waals surface area (Å²) in [5.41, 5.74) is 3.79. The minimum Gasteiger partial charge on any atom is -0.454 e. The third-order valence-electron chi connectivity index (χ3n) is 3.09. The molecule has 1 N–H and O–H groups in total. The summed E-state index contributed by atoms with van der Waals surface area (Å²) in [6.45, 7) is 0.165. The summed E-state index contributed by atoms with van der Waals surface area (Å²) in [7, 11) is 0. The van der Waals surface area contributed by atoms with Crippen molar-refractivity contribution in [3.8, 4) is 11.5 Å². The fourth-order valence-electron chi connectivity index (χ4n) is 2.00. The largest absolute Gasteiger partial charge is 0.454 e. The maximum atomic E-state index is 12.0. The molecular weight excluding hydrogens is 316 g/mol. The van der Waals surface area contributed by atoms with Gasteiger partial charge in [-0.25, -0.2) is 5.43 Å². The fourth-order valence-corrected chi connectivity index (χ4v) is 2.18. The van der Waals surface area contributed by atoms with Crippen LogP contribution in [0.15, 0.2) is 58.7 Å². The molecule has 0 aromatic heterocycles. The number of benzene rings is 2. The Hall–Kier alpha value is -2.79. The van der Waals surface area contributed by atoms with Crippen molar-refractivity contribution in [2.24, 2.45) is 5.10 Å². The smallest absolute Gasteiger partial charge is 0.271 e. The summed E-state index contributed by atoms with van der Waals surface area (Å²) in [4.78, 5) is 12.0. The van der Waals surface area contributed by atoms with Crippen molar-refractivity contribution in [2.75, 3.05) is 6.79 Å². The van der Waals surface area contributed by atoms with Crippen LogP contribution in [0.1, 0.15) is 15.9 Å². The summed E-state index contributed by atoms with van der Waals surface area (Å²) >= 11 is 6.05. The predicted octanol–water partition coefficient (Wildman–Crippen LogP) is 3.41. The Morgan fingerprint density at radius 3 is 2.74 bits per heavy atom. The Morgan fingerprint density at radius 2 is 1.91 bits per heavy atom. The first-order chi connectivity index (χ1) is 11.2. The van der Waals surface area contributed by atoms with Crippen LogP contribution in [-0.4, -0.2) is 18.9 Å². The van der Waals surface area contributed by atoms with Crippen LogP contribution in [0.3, 0.4) is 0 Å². The molecule has 6 heteroatoms. The number of rotatable bonds is 4. The number of hydrogen-bond acceptors (Lipinski definition) is 4. The number of fused-ring (bicyclic) bond motifs is 1. The normalized spacial score (nSPS) is 13.3. The lowest BCUT2D eigenvalue weighted by molar-refractivity contribution is 0.0954. The van der Waals surface area contributed by atoms with Gasteiger partial charge in [0.2, 0.25) is 6.79 Å². The molecule has 1 amide bonds. The van der Waals surface area contributed by atoms with E-state index in [0.717, 1.165) is 5.56 Å². The van der Waals surface area contributed by atoms with Crippen molar-refractivity contribution in [2.45, 2.75) is 0 Å². The van der Waals surface area contributed by atoms with Gasteiger partial charge < -0.3 is 9.47 Å². The molecule has 1 aliphatic heterocycles. The van der Waals surface area contributed by atoms with Crippen LogP contribution in [0.25, 0.3) is 6.08 Å². The topological polar surface area (TPSA) is 59.9 Å². The van der Waals surface area contributed by atoms with E-state index < -0.39 is 0 Å². The van der Waals surface area contributed by atoms with E-state index in [-0.39, 0.29) is 12.7 Å². The fraction of sp³-hybridized carbons (Fsp3) is 0.0588. The summed E-state index contributed by atoms with van der Waals surface area (Å²) in [5, 5.41) is 4.25. The second kappa shape index (κ2) is 6.98. The molecule has 0 radical (unpaired) electrons. The van der Waals surface area contributed by atoms with E-state index in [1.54, 1.807) is 24.3 Å². The molecule has 5 nitrogen and oxygen atoms in total. The van der Waals surface area contributed by atoms with Gasteiger partial charge in [0.05, 0.1) is 11.2 Å². The van der Waals surface area contributed by atoms with Gasteiger partial charge in [0, 0.05) is 5.56 Å². The molecule has 0 saturated carbocycles. The first kappa shape index (κ1) is 15.1. The Bertz CT molecular complexity index is 773. The molecule has 0 fully saturated rings. The minimum absolute atomic E-state index is 0.165. The Kier molecular flexibility index (Phi) is 4.59. The van der Waals surface area contributed by atoms with E-state index in [1.165, 1.54) is 6.21 Å². The van der Waals surface area contributed by atoms with Gasteiger partial charge in [0.25, 0.3) is 5.91 Å². The molecule has 116 valence electrons. The van der Waals surface area contributed by atoms with Crippen LogP contribution in [0.5, 0.6) is 11.5 Å². The standard InChI is InChI=1S/C17H13ClN2O3/c18-14(8-12-4-2-1-3-5-12)10-19-20-17(21)13-6-7-15-16(9-13)23-11-22-15/h1-10H,11H2,(H,20,21)/b14-8-,19-10?. The molecule has 0 spiro atoms. The molecule has 0 saturated heterocycles. The highest BCUT2D eigenvalue weighted by atomic mass is 35.5. The van der Waals surface area contributed by atoms with E-state index in [9.17, 15) is 4.79 Å². The van der Waals surface area contributed by atoms with E-state index >= 15 is 0 Å². The first-order valence-electron chi connectivity index (χ1n) is 6.88. The second-order valence-electron chi connectivity index (χ2n) is 4.71. The van der Waals surface area contributed by atoms with Crippen LogP contribution in [-0.2, 0) is 0 Å². The quantitative estimate of drug-likeness (QED) is 0.691. The van der Waals surface area contributed by atoms with Crippen LogP contribution >= 0.6 is 11.6 Å². The zero-order chi connectivity index (χ0) is 16.1. The third-order valence-corrected chi connectivity index (χ3v) is 3.30. The van der Waals surface area contributed by atoms with Crippen molar-refractivity contribution in [3.63, 3.8) is 0 Å². The molecule has 1 heterocycles. The zero-order valence-corrected chi connectivity index (χ0v) is 12.8. The molecule has 0 bridgehead atoms. The molecule has 3 rings (SSSR count). The number of nitrogens with zero attached hydrogens (tertiary/aromatic N) is 1. The van der Waals surface area contributed by atoms with Gasteiger partial charge >= 0.3 is 0 Å². The lowest BCUT2D eigenvalue weighted by Crippen LogP contribution is -2.17. The number of carbonyl (C=O) groups is 1. The van der Waals surface area contributed by atoms with Crippen molar-refractivity contribution < 1.29 is 14.3 Å². The molecule has 23 heavy (non-hydrogen) atoms. The highest BCUT2D eigenvalue weighted by Crippen LogP contribution is 2.32. The number of hydrogen-bond donors (Lipinski definition) is 1. The van der Waals surface area contributed by atoms with Crippen LogP contribution in [0.4, 0.5) is 0 Å². The van der Waals surface area contributed by atoms with Crippen LogP contribution in [0.2, 0.25) is 0 Å². The SMILES string of the molecule is O=C(NN=C/C(Cl)=C/c1ccccc1)c1ccc2c(c1)OCO2. The number of carbonyl (C=O) groups excluding carboxylic acids is 1. The van der Waals surface area contributed by atoms with Crippen molar-refractivity contribution in [3.05, 3.63) is 64.7 Å². The molecule has 0 aliphatic carbocycles. The minimum atomic E-state index is -0.358. The molecule has 2 aromatic rings.